The smallest absolute Gasteiger partial charge is 0.337 e. The summed E-state index contributed by atoms with van der Waals surface area (Å²) in [5.41, 5.74) is 2.18. The molecule has 0 aliphatic heterocycles. The number of aromatic carboxylic acids is 1. The van der Waals surface area contributed by atoms with E-state index in [0.717, 1.165) is 20.8 Å². The maximum Gasteiger partial charge on any atom is 0.337 e. The highest BCUT2D eigenvalue weighted by molar-refractivity contribution is 7.19. The largest absolute Gasteiger partial charge is 0.478 e. The zero-order valence-electron chi connectivity index (χ0n) is 8.86. The summed E-state index contributed by atoms with van der Waals surface area (Å²) in [6.45, 7) is 1.90. The fourth-order valence-corrected chi connectivity index (χ4v) is 3.08. The minimum Gasteiger partial charge on any atom is -0.478 e. The number of hydrogen-bond acceptors (Lipinski definition) is 3. The van der Waals surface area contributed by atoms with E-state index in [2.05, 4.69) is 4.98 Å². The van der Waals surface area contributed by atoms with Gasteiger partial charge in [0.05, 0.1) is 20.8 Å². The predicted molar refractivity (Wildman–Crippen MR) is 63.3 cm³/mol. The first-order chi connectivity index (χ1) is 7.65. The number of carbonyl (C=O) groups is 1. The van der Waals surface area contributed by atoms with Gasteiger partial charge in [0.15, 0.2) is 0 Å². The minimum atomic E-state index is -0.861. The first kappa shape index (κ1) is 9.78. The number of aryl methyl sites for hydroxylation is 1. The predicted octanol–water partition coefficient (Wildman–Crippen LogP) is 3.18. The standard InChI is InChI=1S/C12H11NO2S/c1-6-4-8(12(14)15)10-9(5-6)13-11(16-10)7-2-3-7/h4-5,7H,2-3H2,1H3,(H,14,15). The van der Waals surface area contributed by atoms with E-state index in [-0.39, 0.29) is 0 Å². The zero-order valence-corrected chi connectivity index (χ0v) is 9.67. The van der Waals surface area contributed by atoms with Crippen LogP contribution in [0.25, 0.3) is 10.2 Å². The van der Waals surface area contributed by atoms with Gasteiger partial charge in [0.2, 0.25) is 0 Å². The minimum absolute atomic E-state index is 0.388. The molecule has 0 atom stereocenters. The molecule has 1 aliphatic rings. The van der Waals surface area contributed by atoms with Crippen LogP contribution in [0.3, 0.4) is 0 Å². The van der Waals surface area contributed by atoms with E-state index in [9.17, 15) is 4.79 Å². The first-order valence-corrected chi connectivity index (χ1v) is 6.11. The number of carboxylic acids is 1. The van der Waals surface area contributed by atoms with Gasteiger partial charge in [-0.3, -0.25) is 0 Å². The van der Waals surface area contributed by atoms with Gasteiger partial charge in [-0.2, -0.15) is 0 Å². The van der Waals surface area contributed by atoms with Crippen LogP contribution >= 0.6 is 11.3 Å². The third kappa shape index (κ3) is 1.50. The Kier molecular flexibility index (Phi) is 2.01. The van der Waals surface area contributed by atoms with Crippen molar-refractivity contribution < 1.29 is 9.90 Å². The molecular weight excluding hydrogens is 222 g/mol. The maximum atomic E-state index is 11.1. The molecule has 1 aromatic carbocycles. The lowest BCUT2D eigenvalue weighted by Crippen LogP contribution is -1.96. The average molecular weight is 233 g/mol. The summed E-state index contributed by atoms with van der Waals surface area (Å²) >= 11 is 1.54. The highest BCUT2D eigenvalue weighted by Gasteiger charge is 2.28. The number of hydrogen-bond donors (Lipinski definition) is 1. The molecule has 16 heavy (non-hydrogen) atoms. The Labute approximate surface area is 96.7 Å². The van der Waals surface area contributed by atoms with Crippen LogP contribution < -0.4 is 0 Å². The van der Waals surface area contributed by atoms with Crippen LogP contribution in [0.5, 0.6) is 0 Å². The number of aromatic nitrogens is 1. The van der Waals surface area contributed by atoms with Gasteiger partial charge in [0, 0.05) is 5.92 Å². The van der Waals surface area contributed by atoms with Gasteiger partial charge in [-0.15, -0.1) is 11.3 Å². The summed E-state index contributed by atoms with van der Waals surface area (Å²) in [6, 6.07) is 3.68. The molecule has 1 aromatic heterocycles. The molecule has 82 valence electrons. The second kappa shape index (κ2) is 3.28. The first-order valence-electron chi connectivity index (χ1n) is 5.29. The molecule has 1 aliphatic carbocycles. The monoisotopic (exact) mass is 233 g/mol. The molecule has 1 N–H and O–H groups in total. The molecule has 3 rings (SSSR count). The molecule has 0 unspecified atom stereocenters. The number of benzene rings is 1. The SMILES string of the molecule is Cc1cc(C(=O)O)c2sc(C3CC3)nc2c1. The van der Waals surface area contributed by atoms with Crippen molar-refractivity contribution in [1.82, 2.24) is 4.98 Å². The van der Waals surface area contributed by atoms with E-state index in [1.807, 2.05) is 13.0 Å². The number of nitrogens with zero attached hydrogens (tertiary/aromatic N) is 1. The van der Waals surface area contributed by atoms with Gasteiger partial charge in [-0.25, -0.2) is 9.78 Å². The summed E-state index contributed by atoms with van der Waals surface area (Å²) in [4.78, 5) is 15.7. The summed E-state index contributed by atoms with van der Waals surface area (Å²) < 4.78 is 0.819. The van der Waals surface area contributed by atoms with E-state index in [1.54, 1.807) is 6.07 Å². The Balaban J connectivity index is 2.27. The van der Waals surface area contributed by atoms with Crippen LogP contribution in [0.1, 0.15) is 39.7 Å². The normalized spacial score (nSPS) is 15.6. The van der Waals surface area contributed by atoms with E-state index >= 15 is 0 Å². The van der Waals surface area contributed by atoms with Gasteiger partial charge in [-0.05, 0) is 37.5 Å². The van der Waals surface area contributed by atoms with E-state index in [1.165, 1.54) is 24.2 Å². The molecule has 1 fully saturated rings. The van der Waals surface area contributed by atoms with Crippen molar-refractivity contribution in [3.8, 4) is 0 Å². The van der Waals surface area contributed by atoms with Crippen molar-refractivity contribution in [2.75, 3.05) is 0 Å². The van der Waals surface area contributed by atoms with Gasteiger partial charge < -0.3 is 5.11 Å². The van der Waals surface area contributed by atoms with Gasteiger partial charge in [-0.1, -0.05) is 0 Å². The molecule has 4 heteroatoms. The lowest BCUT2D eigenvalue weighted by atomic mass is 10.1. The van der Waals surface area contributed by atoms with Crippen molar-refractivity contribution in [3.63, 3.8) is 0 Å². The molecule has 0 spiro atoms. The molecule has 2 aromatic rings. The lowest BCUT2D eigenvalue weighted by molar-refractivity contribution is 0.0699. The molecular formula is C12H11NO2S. The van der Waals surface area contributed by atoms with Gasteiger partial charge in [0.1, 0.15) is 0 Å². The second-order valence-corrected chi connectivity index (χ2v) is 5.32. The van der Waals surface area contributed by atoms with Crippen molar-refractivity contribution >= 4 is 27.5 Å². The van der Waals surface area contributed by atoms with Crippen molar-refractivity contribution in [3.05, 3.63) is 28.3 Å². The zero-order chi connectivity index (χ0) is 11.3. The summed E-state index contributed by atoms with van der Waals surface area (Å²) in [6.07, 6.45) is 2.39. The van der Waals surface area contributed by atoms with E-state index in [0.29, 0.717) is 11.5 Å². The van der Waals surface area contributed by atoms with Crippen LogP contribution in [0.2, 0.25) is 0 Å². The number of thiazole rings is 1. The Morgan fingerprint density at radius 2 is 2.25 bits per heavy atom. The Bertz CT molecular complexity index is 584. The fraction of sp³-hybridized carbons (Fsp3) is 0.333. The van der Waals surface area contributed by atoms with Crippen LogP contribution in [-0.4, -0.2) is 16.1 Å². The van der Waals surface area contributed by atoms with Gasteiger partial charge >= 0.3 is 5.97 Å². The molecule has 0 amide bonds. The molecule has 0 radical (unpaired) electrons. The Morgan fingerprint density at radius 1 is 1.50 bits per heavy atom. The molecule has 0 saturated heterocycles. The number of rotatable bonds is 2. The van der Waals surface area contributed by atoms with Crippen LogP contribution in [0, 0.1) is 6.92 Å². The average Bonchev–Trinajstić information content (AvgIpc) is 2.98. The van der Waals surface area contributed by atoms with Crippen LogP contribution in [-0.2, 0) is 0 Å². The maximum absolute atomic E-state index is 11.1. The van der Waals surface area contributed by atoms with E-state index < -0.39 is 5.97 Å². The van der Waals surface area contributed by atoms with Crippen LogP contribution in [0.15, 0.2) is 12.1 Å². The van der Waals surface area contributed by atoms with E-state index in [4.69, 9.17) is 5.11 Å². The third-order valence-corrected chi connectivity index (χ3v) is 4.07. The van der Waals surface area contributed by atoms with Crippen LogP contribution in [0.4, 0.5) is 0 Å². The van der Waals surface area contributed by atoms with Crippen molar-refractivity contribution in [2.24, 2.45) is 0 Å². The summed E-state index contributed by atoms with van der Waals surface area (Å²) in [5.74, 6) is -0.279. The Hall–Kier alpha value is -1.42. The lowest BCUT2D eigenvalue weighted by Gasteiger charge is -1.97. The highest BCUT2D eigenvalue weighted by atomic mass is 32.1. The number of fused-ring (bicyclic) bond motifs is 1. The van der Waals surface area contributed by atoms with Crippen molar-refractivity contribution in [1.29, 1.82) is 0 Å². The molecule has 1 saturated carbocycles. The Morgan fingerprint density at radius 3 is 2.88 bits per heavy atom. The quantitative estimate of drug-likeness (QED) is 0.866. The third-order valence-electron chi connectivity index (χ3n) is 2.81. The molecule has 3 nitrogen and oxygen atoms in total. The number of carboxylic acid groups (broad SMARTS) is 1. The van der Waals surface area contributed by atoms with Crippen molar-refractivity contribution in [2.45, 2.75) is 25.7 Å². The topological polar surface area (TPSA) is 50.2 Å². The molecule has 0 bridgehead atoms. The second-order valence-electron chi connectivity index (χ2n) is 4.29. The fourth-order valence-electron chi connectivity index (χ4n) is 1.85. The highest BCUT2D eigenvalue weighted by Crippen LogP contribution is 2.43. The molecule has 1 heterocycles. The van der Waals surface area contributed by atoms with Gasteiger partial charge in [0.25, 0.3) is 0 Å². The summed E-state index contributed by atoms with van der Waals surface area (Å²) in [7, 11) is 0. The summed E-state index contributed by atoms with van der Waals surface area (Å²) in [5, 5.41) is 10.2.